The van der Waals surface area contributed by atoms with E-state index in [0.29, 0.717) is 18.0 Å². The number of nitrogens with zero attached hydrogens (tertiary/aromatic N) is 1. The van der Waals surface area contributed by atoms with Crippen molar-refractivity contribution in [1.82, 2.24) is 0 Å². The number of halogens is 2. The molecule has 0 saturated carbocycles. The van der Waals surface area contributed by atoms with E-state index < -0.39 is 0 Å². The van der Waals surface area contributed by atoms with Crippen molar-refractivity contribution in [1.29, 1.82) is 0 Å². The van der Waals surface area contributed by atoms with Crippen LogP contribution in [-0.4, -0.2) is 17.6 Å². The summed E-state index contributed by atoms with van der Waals surface area (Å²) in [6.07, 6.45) is 0.471. The van der Waals surface area contributed by atoms with Gasteiger partial charge in [0.1, 0.15) is 5.84 Å². The van der Waals surface area contributed by atoms with Crippen molar-refractivity contribution < 1.29 is 5.21 Å². The van der Waals surface area contributed by atoms with Gasteiger partial charge in [-0.3, -0.25) is 0 Å². The van der Waals surface area contributed by atoms with Crippen LogP contribution in [0, 0.1) is 3.57 Å². The first-order valence-corrected chi connectivity index (χ1v) is 5.74. The first kappa shape index (κ1) is 12.4. The van der Waals surface area contributed by atoms with Crippen LogP contribution in [0.1, 0.15) is 6.42 Å². The smallest absolute Gasteiger partial charge is 0.140 e. The lowest BCUT2D eigenvalue weighted by atomic mass is 10.3. The lowest BCUT2D eigenvalue weighted by Crippen LogP contribution is -2.16. The molecule has 0 bridgehead atoms. The second-order valence-corrected chi connectivity index (χ2v) is 4.55. The van der Waals surface area contributed by atoms with Crippen LogP contribution in [0.5, 0.6) is 0 Å². The number of anilines is 1. The highest BCUT2D eigenvalue weighted by Gasteiger charge is 2.00. The molecule has 1 aromatic rings. The number of hydrogen-bond donors (Lipinski definition) is 3. The molecule has 0 aromatic heterocycles. The highest BCUT2D eigenvalue weighted by Crippen LogP contribution is 2.23. The van der Waals surface area contributed by atoms with Gasteiger partial charge in [0.25, 0.3) is 0 Å². The summed E-state index contributed by atoms with van der Waals surface area (Å²) in [5.74, 6) is 0.198. The molecule has 6 heteroatoms. The Bertz CT molecular complexity index is 370. The number of amidine groups is 1. The zero-order chi connectivity index (χ0) is 11.3. The zero-order valence-corrected chi connectivity index (χ0v) is 10.8. The fourth-order valence-electron chi connectivity index (χ4n) is 1.01. The Kier molecular flexibility index (Phi) is 4.97. The lowest BCUT2D eigenvalue weighted by Gasteiger charge is -2.07. The molecule has 15 heavy (non-hydrogen) atoms. The van der Waals surface area contributed by atoms with Crippen LogP contribution < -0.4 is 11.1 Å². The minimum atomic E-state index is 0.198. The van der Waals surface area contributed by atoms with Gasteiger partial charge in [-0.05, 0) is 40.8 Å². The molecule has 4 N–H and O–H groups in total. The molecule has 1 rings (SSSR count). The van der Waals surface area contributed by atoms with Crippen LogP contribution in [0.25, 0.3) is 0 Å². The fourth-order valence-corrected chi connectivity index (χ4v) is 1.93. The summed E-state index contributed by atoms with van der Waals surface area (Å²) in [7, 11) is 0. The largest absolute Gasteiger partial charge is 0.409 e. The molecule has 0 aliphatic heterocycles. The summed E-state index contributed by atoms with van der Waals surface area (Å²) >= 11 is 8.19. The van der Waals surface area contributed by atoms with Crippen LogP contribution in [0.3, 0.4) is 0 Å². The minimum Gasteiger partial charge on any atom is -0.409 e. The number of nitrogens with one attached hydrogen (secondary N) is 1. The van der Waals surface area contributed by atoms with E-state index in [2.05, 4.69) is 33.1 Å². The predicted molar refractivity (Wildman–Crippen MR) is 70.7 cm³/mol. The van der Waals surface area contributed by atoms with Gasteiger partial charge in [0, 0.05) is 16.5 Å². The first-order chi connectivity index (χ1) is 7.13. The molecule has 0 unspecified atom stereocenters. The van der Waals surface area contributed by atoms with Crippen molar-refractivity contribution in [2.45, 2.75) is 6.42 Å². The van der Waals surface area contributed by atoms with Gasteiger partial charge >= 0.3 is 0 Å². The van der Waals surface area contributed by atoms with Gasteiger partial charge in [0.05, 0.1) is 10.7 Å². The molecule has 0 radical (unpaired) electrons. The van der Waals surface area contributed by atoms with Crippen LogP contribution in [0.2, 0.25) is 5.02 Å². The van der Waals surface area contributed by atoms with E-state index in [0.717, 1.165) is 9.26 Å². The van der Waals surface area contributed by atoms with E-state index in [4.69, 9.17) is 22.5 Å². The summed E-state index contributed by atoms with van der Waals surface area (Å²) in [5, 5.41) is 15.0. The Hall–Kier alpha value is -0.690. The second kappa shape index (κ2) is 6.02. The highest BCUT2D eigenvalue weighted by atomic mass is 127. The molecular weight excluding hydrogens is 328 g/mol. The van der Waals surface area contributed by atoms with Gasteiger partial charge in [-0.2, -0.15) is 0 Å². The maximum Gasteiger partial charge on any atom is 0.140 e. The van der Waals surface area contributed by atoms with Crippen LogP contribution in [-0.2, 0) is 0 Å². The van der Waals surface area contributed by atoms with E-state index >= 15 is 0 Å². The quantitative estimate of drug-likeness (QED) is 0.259. The number of nitrogens with two attached hydrogens (primary N) is 1. The van der Waals surface area contributed by atoms with Gasteiger partial charge in [-0.15, -0.1) is 0 Å². The summed E-state index contributed by atoms with van der Waals surface area (Å²) in [6.45, 7) is 0.580. The number of benzene rings is 1. The Labute approximate surface area is 107 Å². The Morgan fingerprint density at radius 2 is 2.33 bits per heavy atom. The summed E-state index contributed by atoms with van der Waals surface area (Å²) in [5.41, 5.74) is 6.17. The highest BCUT2D eigenvalue weighted by molar-refractivity contribution is 14.1. The van der Waals surface area contributed by atoms with E-state index in [9.17, 15) is 0 Å². The molecule has 0 amide bonds. The molecule has 82 valence electrons. The third-order valence-corrected chi connectivity index (χ3v) is 2.74. The standard InChI is InChI=1S/C9H11ClIN3O/c10-7-5-6(11)1-2-8(7)13-4-3-9(12)14-15/h1-2,5,13,15H,3-4H2,(H2,12,14). The van der Waals surface area contributed by atoms with Crippen LogP contribution >= 0.6 is 34.2 Å². The lowest BCUT2D eigenvalue weighted by molar-refractivity contribution is 0.317. The molecule has 0 spiro atoms. The molecule has 4 nitrogen and oxygen atoms in total. The zero-order valence-electron chi connectivity index (χ0n) is 7.87. The average Bonchev–Trinajstić information content (AvgIpc) is 2.21. The van der Waals surface area contributed by atoms with Gasteiger partial charge < -0.3 is 16.3 Å². The van der Waals surface area contributed by atoms with Crippen molar-refractivity contribution in [2.24, 2.45) is 10.9 Å². The Morgan fingerprint density at radius 1 is 1.60 bits per heavy atom. The molecule has 0 atom stereocenters. The molecule has 0 heterocycles. The van der Waals surface area contributed by atoms with Crippen LogP contribution in [0.15, 0.2) is 23.4 Å². The number of hydrogen-bond acceptors (Lipinski definition) is 3. The SMILES string of the molecule is N/C(CCNc1ccc(I)cc1Cl)=N/O. The topological polar surface area (TPSA) is 70.6 Å². The molecule has 0 fully saturated rings. The van der Waals surface area contributed by atoms with E-state index in [-0.39, 0.29) is 5.84 Å². The summed E-state index contributed by atoms with van der Waals surface area (Å²) < 4.78 is 1.08. The summed E-state index contributed by atoms with van der Waals surface area (Å²) in [4.78, 5) is 0. The van der Waals surface area contributed by atoms with Gasteiger partial charge in [0.2, 0.25) is 0 Å². The van der Waals surface area contributed by atoms with Crippen LogP contribution in [0.4, 0.5) is 5.69 Å². The van der Waals surface area contributed by atoms with Crippen molar-refractivity contribution in [3.63, 3.8) is 0 Å². The van der Waals surface area contributed by atoms with E-state index in [1.54, 1.807) is 0 Å². The Morgan fingerprint density at radius 3 is 2.93 bits per heavy atom. The first-order valence-electron chi connectivity index (χ1n) is 4.29. The van der Waals surface area contributed by atoms with E-state index in [1.807, 2.05) is 18.2 Å². The second-order valence-electron chi connectivity index (χ2n) is 2.89. The number of oxime groups is 1. The minimum absolute atomic E-state index is 0.198. The van der Waals surface area contributed by atoms with Gasteiger partial charge in [-0.1, -0.05) is 16.8 Å². The molecule has 0 saturated heterocycles. The monoisotopic (exact) mass is 339 g/mol. The third kappa shape index (κ3) is 4.13. The maximum atomic E-state index is 8.33. The van der Waals surface area contributed by atoms with Crippen molar-refractivity contribution in [3.05, 3.63) is 26.8 Å². The number of rotatable bonds is 4. The van der Waals surface area contributed by atoms with Gasteiger partial charge in [-0.25, -0.2) is 0 Å². The normalized spacial score (nSPS) is 11.5. The van der Waals surface area contributed by atoms with Crippen molar-refractivity contribution >= 4 is 45.7 Å². The molecule has 0 aliphatic carbocycles. The maximum absolute atomic E-state index is 8.33. The summed E-state index contributed by atoms with van der Waals surface area (Å²) in [6, 6.07) is 5.72. The average molecular weight is 340 g/mol. The predicted octanol–water partition coefficient (Wildman–Crippen LogP) is 2.49. The van der Waals surface area contributed by atoms with Crippen molar-refractivity contribution in [2.75, 3.05) is 11.9 Å². The van der Waals surface area contributed by atoms with Crippen molar-refractivity contribution in [3.8, 4) is 0 Å². The molecular formula is C9H11ClIN3O. The Balaban J connectivity index is 2.51. The molecule has 1 aromatic carbocycles. The third-order valence-electron chi connectivity index (χ3n) is 1.76. The van der Waals surface area contributed by atoms with E-state index in [1.165, 1.54) is 0 Å². The van der Waals surface area contributed by atoms with Gasteiger partial charge in [0.15, 0.2) is 0 Å². The fraction of sp³-hybridized carbons (Fsp3) is 0.222. The molecule has 0 aliphatic rings.